The summed E-state index contributed by atoms with van der Waals surface area (Å²) in [5.41, 5.74) is 3.16. The van der Waals surface area contributed by atoms with Gasteiger partial charge in [-0.25, -0.2) is 4.79 Å². The first-order chi connectivity index (χ1) is 16.6. The van der Waals surface area contributed by atoms with Crippen LogP contribution >= 0.6 is 11.6 Å². The molecule has 2 N–H and O–H groups in total. The average molecular weight is 516 g/mol. The number of amides is 3. The predicted molar refractivity (Wildman–Crippen MR) is 144 cm³/mol. The number of carbonyl (C=O) groups is 3. The van der Waals surface area contributed by atoms with E-state index in [0.717, 1.165) is 16.7 Å². The summed E-state index contributed by atoms with van der Waals surface area (Å²) in [5.74, 6) is -1.07. The fraction of sp³-hybridized carbons (Fsp3) is 0.464. The molecule has 0 aliphatic rings. The number of ether oxygens (including phenoxy) is 1. The molecular weight excluding hydrogens is 478 g/mol. The lowest BCUT2D eigenvalue weighted by molar-refractivity contribution is -0.140. The van der Waals surface area contributed by atoms with Crippen molar-refractivity contribution in [3.8, 4) is 0 Å². The fourth-order valence-corrected chi connectivity index (χ4v) is 4.14. The molecule has 2 unspecified atom stereocenters. The number of carbonyl (C=O) groups excluding carboxylic acids is 3. The second kappa shape index (κ2) is 11.8. The number of nitrogens with zero attached hydrogens (tertiary/aromatic N) is 1. The lowest BCUT2D eigenvalue weighted by Gasteiger charge is -2.34. The molecule has 0 aliphatic heterocycles. The minimum absolute atomic E-state index is 0.249. The summed E-state index contributed by atoms with van der Waals surface area (Å²) >= 11 is 6.37. The van der Waals surface area contributed by atoms with Crippen LogP contribution in [0.15, 0.2) is 36.4 Å². The van der Waals surface area contributed by atoms with Crippen LogP contribution in [0.3, 0.4) is 0 Å². The zero-order valence-corrected chi connectivity index (χ0v) is 23.4. The Hall–Kier alpha value is -3.06. The van der Waals surface area contributed by atoms with Gasteiger partial charge in [0.15, 0.2) is 0 Å². The van der Waals surface area contributed by atoms with Gasteiger partial charge in [-0.1, -0.05) is 55.8 Å². The topological polar surface area (TPSA) is 87.7 Å². The molecule has 0 saturated carbocycles. The molecule has 196 valence electrons. The fourth-order valence-electron chi connectivity index (χ4n) is 3.87. The van der Waals surface area contributed by atoms with Crippen molar-refractivity contribution in [1.29, 1.82) is 0 Å². The van der Waals surface area contributed by atoms with Crippen LogP contribution in [0.1, 0.15) is 62.9 Å². The first kappa shape index (κ1) is 29.2. The van der Waals surface area contributed by atoms with E-state index in [-0.39, 0.29) is 5.92 Å². The molecule has 0 spiro atoms. The molecule has 0 heterocycles. The largest absolute Gasteiger partial charge is 0.444 e. The van der Waals surface area contributed by atoms with Crippen molar-refractivity contribution >= 4 is 35.2 Å². The van der Waals surface area contributed by atoms with E-state index in [2.05, 4.69) is 10.6 Å². The van der Waals surface area contributed by atoms with Gasteiger partial charge in [-0.05, 0) is 75.8 Å². The van der Waals surface area contributed by atoms with Crippen LogP contribution in [0.2, 0.25) is 5.02 Å². The highest BCUT2D eigenvalue weighted by Gasteiger charge is 2.36. The molecule has 0 saturated heterocycles. The van der Waals surface area contributed by atoms with E-state index >= 15 is 0 Å². The van der Waals surface area contributed by atoms with E-state index in [1.54, 1.807) is 40.0 Å². The monoisotopic (exact) mass is 515 g/mol. The van der Waals surface area contributed by atoms with Crippen LogP contribution in [0.4, 0.5) is 10.5 Å². The van der Waals surface area contributed by atoms with Gasteiger partial charge in [0.05, 0.1) is 10.7 Å². The van der Waals surface area contributed by atoms with Crippen molar-refractivity contribution in [2.75, 3.05) is 12.4 Å². The van der Waals surface area contributed by atoms with Gasteiger partial charge in [-0.3, -0.25) is 9.59 Å². The second-order valence-corrected chi connectivity index (χ2v) is 10.8. The molecule has 36 heavy (non-hydrogen) atoms. The van der Waals surface area contributed by atoms with Crippen LogP contribution in [-0.2, 0) is 14.3 Å². The number of hydrogen-bond donors (Lipinski definition) is 2. The molecule has 8 heteroatoms. The molecule has 0 radical (unpaired) electrons. The number of aryl methyl sites for hydroxylation is 2. The molecule has 2 atom stereocenters. The molecule has 0 aromatic heterocycles. The number of nitrogens with one attached hydrogen (secondary N) is 2. The number of alkyl carbamates (subject to hydrolysis) is 1. The third-order valence-corrected chi connectivity index (χ3v) is 6.31. The molecule has 7 nitrogen and oxygen atoms in total. The summed E-state index contributed by atoms with van der Waals surface area (Å²) in [7, 11) is 1.57. The van der Waals surface area contributed by atoms with Crippen molar-refractivity contribution in [2.45, 2.75) is 73.1 Å². The number of anilines is 1. The summed E-state index contributed by atoms with van der Waals surface area (Å²) in [6.45, 7) is 14.6. The van der Waals surface area contributed by atoms with E-state index < -0.39 is 35.6 Å². The Morgan fingerprint density at radius 1 is 0.972 bits per heavy atom. The quantitative estimate of drug-likeness (QED) is 0.476. The van der Waals surface area contributed by atoms with Crippen LogP contribution < -0.4 is 10.6 Å². The molecule has 0 fully saturated rings. The Kier molecular flexibility index (Phi) is 9.55. The standard InChI is InChI=1S/C28H38ClN3O4/c1-16(2)22(31-27(35)36-28(6,7)8)26(34)32(9)24(20-14-10-12-17(3)19(20)5)25(33)30-23-18(4)13-11-15-21(23)29/h10-16,22,24H,1-9H3,(H,30,33)(H,31,35). The number of hydrogen-bond acceptors (Lipinski definition) is 4. The van der Waals surface area contributed by atoms with E-state index in [9.17, 15) is 14.4 Å². The second-order valence-electron chi connectivity index (χ2n) is 10.4. The smallest absolute Gasteiger partial charge is 0.408 e. The number of likely N-dealkylation sites (N-methyl/N-ethyl adjacent to an activating group) is 1. The van der Waals surface area contributed by atoms with E-state index in [1.165, 1.54) is 4.90 Å². The SMILES string of the molecule is Cc1cccc(C(C(=O)Nc2c(C)cccc2Cl)N(C)C(=O)C(NC(=O)OC(C)(C)C)C(C)C)c1C. The van der Waals surface area contributed by atoms with Gasteiger partial charge in [0, 0.05) is 7.05 Å². The summed E-state index contributed by atoms with van der Waals surface area (Å²) < 4.78 is 5.37. The number of benzene rings is 2. The molecule has 2 rings (SSSR count). The van der Waals surface area contributed by atoms with Crippen molar-refractivity contribution in [3.63, 3.8) is 0 Å². The summed E-state index contributed by atoms with van der Waals surface area (Å²) in [6, 6.07) is 9.14. The summed E-state index contributed by atoms with van der Waals surface area (Å²) in [4.78, 5) is 41.4. The van der Waals surface area contributed by atoms with Crippen LogP contribution in [0.5, 0.6) is 0 Å². The molecule has 0 bridgehead atoms. The van der Waals surface area contributed by atoms with Gasteiger partial charge in [-0.15, -0.1) is 0 Å². The van der Waals surface area contributed by atoms with E-state index in [1.807, 2.05) is 58.9 Å². The van der Waals surface area contributed by atoms with Crippen LogP contribution in [0.25, 0.3) is 0 Å². The highest BCUT2D eigenvalue weighted by atomic mass is 35.5. The highest BCUT2D eigenvalue weighted by molar-refractivity contribution is 6.34. The maximum absolute atomic E-state index is 13.8. The van der Waals surface area contributed by atoms with Crippen LogP contribution in [0, 0.1) is 26.7 Å². The minimum atomic E-state index is -0.963. The molecule has 2 aromatic carbocycles. The van der Waals surface area contributed by atoms with Crippen molar-refractivity contribution < 1.29 is 19.1 Å². The van der Waals surface area contributed by atoms with Gasteiger partial charge < -0.3 is 20.3 Å². The number of rotatable bonds is 7. The molecule has 0 aliphatic carbocycles. The van der Waals surface area contributed by atoms with Gasteiger partial charge in [-0.2, -0.15) is 0 Å². The molecular formula is C28H38ClN3O4. The Morgan fingerprint density at radius 2 is 1.56 bits per heavy atom. The van der Waals surface area contributed by atoms with Gasteiger partial charge in [0.1, 0.15) is 17.7 Å². The normalized spacial score (nSPS) is 13.1. The first-order valence-corrected chi connectivity index (χ1v) is 12.4. The molecule has 2 aromatic rings. The maximum Gasteiger partial charge on any atom is 0.408 e. The Balaban J connectivity index is 2.48. The number of halogens is 1. The summed E-state index contributed by atoms with van der Waals surface area (Å²) in [5, 5.41) is 6.02. The van der Waals surface area contributed by atoms with Crippen molar-refractivity contribution in [3.05, 3.63) is 63.7 Å². The Morgan fingerprint density at radius 3 is 2.11 bits per heavy atom. The third kappa shape index (κ3) is 7.23. The van der Waals surface area contributed by atoms with E-state index in [0.29, 0.717) is 16.3 Å². The summed E-state index contributed by atoms with van der Waals surface area (Å²) in [6.07, 6.45) is -0.692. The van der Waals surface area contributed by atoms with Crippen LogP contribution in [-0.4, -0.2) is 41.5 Å². The maximum atomic E-state index is 13.8. The Bertz CT molecular complexity index is 1100. The zero-order chi connectivity index (χ0) is 27.4. The van der Waals surface area contributed by atoms with Crippen molar-refractivity contribution in [2.24, 2.45) is 5.92 Å². The molecule has 3 amide bonds. The lowest BCUT2D eigenvalue weighted by Crippen LogP contribution is -2.53. The lowest BCUT2D eigenvalue weighted by atomic mass is 9.94. The van der Waals surface area contributed by atoms with Gasteiger partial charge in [0.2, 0.25) is 5.91 Å². The van der Waals surface area contributed by atoms with Gasteiger partial charge >= 0.3 is 6.09 Å². The Labute approximate surface area is 219 Å². The first-order valence-electron chi connectivity index (χ1n) is 12.0. The predicted octanol–water partition coefficient (Wildman–Crippen LogP) is 5.95. The number of para-hydroxylation sites is 1. The zero-order valence-electron chi connectivity index (χ0n) is 22.7. The van der Waals surface area contributed by atoms with Crippen molar-refractivity contribution in [1.82, 2.24) is 10.2 Å². The third-order valence-electron chi connectivity index (χ3n) is 6.00. The van der Waals surface area contributed by atoms with E-state index in [4.69, 9.17) is 16.3 Å². The highest BCUT2D eigenvalue weighted by Crippen LogP contribution is 2.31. The minimum Gasteiger partial charge on any atom is -0.444 e. The average Bonchev–Trinajstić information content (AvgIpc) is 2.76. The van der Waals surface area contributed by atoms with Gasteiger partial charge in [0.25, 0.3) is 5.91 Å².